The van der Waals surface area contributed by atoms with Crippen LogP contribution in [0.4, 0.5) is 0 Å². The molecule has 0 aromatic heterocycles. The van der Waals surface area contributed by atoms with Crippen molar-refractivity contribution in [3.63, 3.8) is 0 Å². The summed E-state index contributed by atoms with van der Waals surface area (Å²) in [4.78, 5) is 12.0. The van der Waals surface area contributed by atoms with Gasteiger partial charge in [-0.1, -0.05) is 34.1 Å². The van der Waals surface area contributed by atoms with Gasteiger partial charge in [0.25, 0.3) is 0 Å². The number of halogens is 1. The number of Topliss-reactive ketones (excluding diaryl/α,β-unsaturated/α-hetero) is 1. The lowest BCUT2D eigenvalue weighted by atomic mass is 10.1. The van der Waals surface area contributed by atoms with Gasteiger partial charge in [0.1, 0.15) is 6.10 Å². The summed E-state index contributed by atoms with van der Waals surface area (Å²) in [5, 5.41) is 3.14. The van der Waals surface area contributed by atoms with Crippen LogP contribution < -0.4 is 5.32 Å². The quantitative estimate of drug-likeness (QED) is 0.830. The van der Waals surface area contributed by atoms with Gasteiger partial charge in [0.05, 0.1) is 6.61 Å². The molecule has 1 heterocycles. The van der Waals surface area contributed by atoms with E-state index in [1.54, 1.807) is 0 Å². The van der Waals surface area contributed by atoms with Crippen molar-refractivity contribution in [2.45, 2.75) is 6.10 Å². The number of ether oxygens (including phenoxy) is 1. The first-order chi connectivity index (χ1) is 7.29. The highest BCUT2D eigenvalue weighted by Gasteiger charge is 2.24. The average Bonchev–Trinajstić information content (AvgIpc) is 2.30. The van der Waals surface area contributed by atoms with E-state index in [9.17, 15) is 4.79 Å². The summed E-state index contributed by atoms with van der Waals surface area (Å²) in [6.45, 7) is 2.01. The van der Waals surface area contributed by atoms with E-state index in [4.69, 9.17) is 4.74 Å². The largest absolute Gasteiger partial charge is 0.367 e. The van der Waals surface area contributed by atoms with Crippen molar-refractivity contribution < 1.29 is 9.53 Å². The fourth-order valence-electron chi connectivity index (χ4n) is 1.57. The lowest BCUT2D eigenvalue weighted by Gasteiger charge is -2.22. The Morgan fingerprint density at radius 3 is 2.93 bits per heavy atom. The Bertz CT molecular complexity index is 361. The van der Waals surface area contributed by atoms with Crippen LogP contribution in [-0.4, -0.2) is 31.6 Å². The molecule has 80 valence electrons. The zero-order valence-corrected chi connectivity index (χ0v) is 9.79. The van der Waals surface area contributed by atoms with E-state index in [2.05, 4.69) is 21.2 Å². The van der Waals surface area contributed by atoms with Crippen molar-refractivity contribution in [3.8, 4) is 0 Å². The van der Waals surface area contributed by atoms with Crippen LogP contribution in [0.25, 0.3) is 0 Å². The Hall–Kier alpha value is -0.710. The van der Waals surface area contributed by atoms with Crippen molar-refractivity contribution in [3.05, 3.63) is 34.3 Å². The van der Waals surface area contributed by atoms with Crippen LogP contribution in [-0.2, 0) is 4.74 Å². The second kappa shape index (κ2) is 4.88. The van der Waals surface area contributed by atoms with E-state index >= 15 is 0 Å². The minimum atomic E-state index is -0.350. The third kappa shape index (κ3) is 2.45. The van der Waals surface area contributed by atoms with Crippen molar-refractivity contribution >= 4 is 21.7 Å². The predicted octanol–water partition coefficient (Wildman–Crippen LogP) is 1.62. The van der Waals surface area contributed by atoms with E-state index < -0.39 is 0 Å². The molecule has 4 heteroatoms. The number of carbonyl (C=O) groups is 1. The number of benzene rings is 1. The third-order valence-corrected chi connectivity index (χ3v) is 3.05. The summed E-state index contributed by atoms with van der Waals surface area (Å²) < 4.78 is 6.24. The van der Waals surface area contributed by atoms with Crippen molar-refractivity contribution in [1.82, 2.24) is 5.32 Å². The average molecular weight is 270 g/mol. The van der Waals surface area contributed by atoms with Gasteiger partial charge in [0.2, 0.25) is 0 Å². The summed E-state index contributed by atoms with van der Waals surface area (Å²) in [6, 6.07) is 7.42. The molecule has 3 nitrogen and oxygen atoms in total. The maximum atomic E-state index is 12.0. The zero-order chi connectivity index (χ0) is 10.7. The van der Waals surface area contributed by atoms with Crippen LogP contribution in [0.3, 0.4) is 0 Å². The number of rotatable bonds is 2. The van der Waals surface area contributed by atoms with Crippen molar-refractivity contribution in [2.75, 3.05) is 19.7 Å². The van der Waals surface area contributed by atoms with Crippen LogP contribution in [0.2, 0.25) is 0 Å². The fourth-order valence-corrected chi connectivity index (χ4v) is 2.05. The van der Waals surface area contributed by atoms with Gasteiger partial charge in [-0.3, -0.25) is 4.79 Å². The molecule has 1 aromatic rings. The monoisotopic (exact) mass is 269 g/mol. The molecule has 1 N–H and O–H groups in total. The first-order valence-corrected chi connectivity index (χ1v) is 5.69. The first kappa shape index (κ1) is 10.8. The molecule has 0 aliphatic carbocycles. The summed E-state index contributed by atoms with van der Waals surface area (Å²) in [6.07, 6.45) is -0.350. The number of ketones is 1. The second-order valence-electron chi connectivity index (χ2n) is 3.41. The van der Waals surface area contributed by atoms with E-state index in [0.29, 0.717) is 18.7 Å². The van der Waals surface area contributed by atoms with Gasteiger partial charge in [0.15, 0.2) is 5.78 Å². The van der Waals surface area contributed by atoms with Crippen LogP contribution in [0.5, 0.6) is 0 Å². The second-order valence-corrected chi connectivity index (χ2v) is 4.26. The Morgan fingerprint density at radius 1 is 1.47 bits per heavy atom. The molecule has 1 fully saturated rings. The van der Waals surface area contributed by atoms with Gasteiger partial charge >= 0.3 is 0 Å². The Balaban J connectivity index is 2.16. The van der Waals surface area contributed by atoms with Gasteiger partial charge in [-0.15, -0.1) is 0 Å². The molecule has 0 radical (unpaired) electrons. The van der Waals surface area contributed by atoms with Crippen LogP contribution in [0, 0.1) is 0 Å². The van der Waals surface area contributed by atoms with Gasteiger partial charge in [0, 0.05) is 23.1 Å². The number of nitrogens with one attached hydrogen (secondary N) is 1. The van der Waals surface area contributed by atoms with E-state index in [0.717, 1.165) is 11.0 Å². The molecule has 1 saturated heterocycles. The van der Waals surface area contributed by atoms with Gasteiger partial charge in [-0.2, -0.15) is 0 Å². The summed E-state index contributed by atoms with van der Waals surface area (Å²) in [7, 11) is 0. The maximum Gasteiger partial charge on any atom is 0.193 e. The van der Waals surface area contributed by atoms with E-state index in [1.807, 2.05) is 24.3 Å². The number of carbonyl (C=O) groups excluding carboxylic acids is 1. The SMILES string of the molecule is O=C(c1ccccc1Br)C1CNCCO1. The molecular formula is C11H12BrNO2. The molecule has 1 aliphatic heterocycles. The van der Waals surface area contributed by atoms with Gasteiger partial charge in [-0.05, 0) is 6.07 Å². The van der Waals surface area contributed by atoms with Gasteiger partial charge in [-0.25, -0.2) is 0 Å². The van der Waals surface area contributed by atoms with Gasteiger partial charge < -0.3 is 10.1 Å². The predicted molar refractivity (Wildman–Crippen MR) is 61.1 cm³/mol. The fraction of sp³-hybridized carbons (Fsp3) is 0.364. The normalized spacial score (nSPS) is 21.3. The molecule has 1 unspecified atom stereocenters. The molecular weight excluding hydrogens is 258 g/mol. The Labute approximate surface area is 96.9 Å². The number of morpholine rings is 1. The van der Waals surface area contributed by atoms with Crippen molar-refractivity contribution in [1.29, 1.82) is 0 Å². The van der Waals surface area contributed by atoms with Crippen LogP contribution in [0.15, 0.2) is 28.7 Å². The number of hydrogen-bond donors (Lipinski definition) is 1. The highest BCUT2D eigenvalue weighted by atomic mass is 79.9. The standard InChI is InChI=1S/C11H12BrNO2/c12-9-4-2-1-3-8(9)11(14)10-7-13-5-6-15-10/h1-4,10,13H,5-7H2. The minimum absolute atomic E-state index is 0.0367. The topological polar surface area (TPSA) is 38.3 Å². The maximum absolute atomic E-state index is 12.0. The molecule has 0 amide bonds. The smallest absolute Gasteiger partial charge is 0.193 e. The molecule has 1 aromatic carbocycles. The Morgan fingerprint density at radius 2 is 2.27 bits per heavy atom. The van der Waals surface area contributed by atoms with Crippen molar-refractivity contribution in [2.24, 2.45) is 0 Å². The molecule has 0 spiro atoms. The van der Waals surface area contributed by atoms with E-state index in [1.165, 1.54) is 0 Å². The number of hydrogen-bond acceptors (Lipinski definition) is 3. The third-order valence-electron chi connectivity index (χ3n) is 2.36. The first-order valence-electron chi connectivity index (χ1n) is 4.90. The molecule has 1 atom stereocenters. The minimum Gasteiger partial charge on any atom is -0.367 e. The highest BCUT2D eigenvalue weighted by molar-refractivity contribution is 9.10. The summed E-state index contributed by atoms with van der Waals surface area (Å²) in [5.74, 6) is 0.0367. The lowest BCUT2D eigenvalue weighted by Crippen LogP contribution is -2.43. The van der Waals surface area contributed by atoms with Crippen LogP contribution >= 0.6 is 15.9 Å². The summed E-state index contributed by atoms with van der Waals surface area (Å²) in [5.41, 5.74) is 0.686. The molecule has 15 heavy (non-hydrogen) atoms. The summed E-state index contributed by atoms with van der Waals surface area (Å²) >= 11 is 3.37. The molecule has 2 rings (SSSR count). The highest BCUT2D eigenvalue weighted by Crippen LogP contribution is 2.18. The zero-order valence-electron chi connectivity index (χ0n) is 8.20. The molecule has 1 aliphatic rings. The molecule has 0 bridgehead atoms. The van der Waals surface area contributed by atoms with E-state index in [-0.39, 0.29) is 11.9 Å². The van der Waals surface area contributed by atoms with Crippen LogP contribution in [0.1, 0.15) is 10.4 Å². The lowest BCUT2D eigenvalue weighted by molar-refractivity contribution is 0.0269. The molecule has 0 saturated carbocycles. The Kier molecular flexibility index (Phi) is 3.51.